The molecule has 146 valence electrons. The van der Waals surface area contributed by atoms with Crippen LogP contribution in [0.5, 0.6) is 0 Å². The largest absolute Gasteiger partial charge is 0.383 e. The molecular formula is C22H26N4O2. The Kier molecular flexibility index (Phi) is 6.94. The number of rotatable bonds is 9. The Morgan fingerprint density at radius 2 is 1.79 bits per heavy atom. The minimum Gasteiger partial charge on any atom is -0.383 e. The van der Waals surface area contributed by atoms with Crippen molar-refractivity contribution in [3.05, 3.63) is 71.9 Å². The van der Waals surface area contributed by atoms with Gasteiger partial charge in [-0.1, -0.05) is 42.5 Å². The number of hydrogen-bond donors (Lipinski definition) is 2. The second-order valence-corrected chi connectivity index (χ2v) is 6.49. The van der Waals surface area contributed by atoms with Crippen molar-refractivity contribution in [1.29, 1.82) is 0 Å². The molecule has 0 saturated heterocycles. The highest BCUT2D eigenvalue weighted by atomic mass is 16.5. The van der Waals surface area contributed by atoms with Crippen LogP contribution in [0.3, 0.4) is 0 Å². The summed E-state index contributed by atoms with van der Waals surface area (Å²) in [6.07, 6.45) is 1.80. The lowest BCUT2D eigenvalue weighted by Crippen LogP contribution is -2.33. The maximum absolute atomic E-state index is 12.9. The van der Waals surface area contributed by atoms with Crippen LogP contribution in [0.1, 0.15) is 15.9 Å². The number of aryl methyl sites for hydroxylation is 1. The number of benzene rings is 2. The van der Waals surface area contributed by atoms with Crippen LogP contribution in [-0.2, 0) is 4.74 Å². The number of aromatic nitrogens is 2. The molecule has 0 radical (unpaired) electrons. The van der Waals surface area contributed by atoms with Crippen molar-refractivity contribution in [2.24, 2.45) is 0 Å². The summed E-state index contributed by atoms with van der Waals surface area (Å²) in [6, 6.07) is 17.8. The Hall–Kier alpha value is -2.96. The van der Waals surface area contributed by atoms with Crippen LogP contribution in [0, 0.1) is 6.92 Å². The molecule has 0 atom stereocenters. The summed E-state index contributed by atoms with van der Waals surface area (Å²) in [5, 5.41) is 10.9. The molecule has 0 fully saturated rings. The molecule has 0 aliphatic carbocycles. The molecule has 3 aromatic rings. The first-order valence-electron chi connectivity index (χ1n) is 9.39. The number of amides is 1. The first kappa shape index (κ1) is 19.8. The van der Waals surface area contributed by atoms with E-state index in [2.05, 4.69) is 10.6 Å². The van der Waals surface area contributed by atoms with Crippen molar-refractivity contribution < 1.29 is 9.53 Å². The van der Waals surface area contributed by atoms with E-state index in [4.69, 9.17) is 9.84 Å². The van der Waals surface area contributed by atoms with Crippen molar-refractivity contribution in [3.8, 4) is 16.9 Å². The Morgan fingerprint density at radius 1 is 1.04 bits per heavy atom. The van der Waals surface area contributed by atoms with E-state index in [1.54, 1.807) is 18.0 Å². The van der Waals surface area contributed by atoms with E-state index < -0.39 is 0 Å². The van der Waals surface area contributed by atoms with E-state index in [9.17, 15) is 4.79 Å². The molecule has 0 bridgehead atoms. The highest BCUT2D eigenvalue weighted by molar-refractivity contribution is 6.00. The predicted molar refractivity (Wildman–Crippen MR) is 111 cm³/mol. The molecule has 6 nitrogen and oxygen atoms in total. The van der Waals surface area contributed by atoms with E-state index in [1.165, 1.54) is 0 Å². The zero-order valence-electron chi connectivity index (χ0n) is 16.3. The van der Waals surface area contributed by atoms with Gasteiger partial charge in [-0.3, -0.25) is 4.79 Å². The Balaban J connectivity index is 1.83. The molecule has 28 heavy (non-hydrogen) atoms. The van der Waals surface area contributed by atoms with E-state index in [-0.39, 0.29) is 5.91 Å². The van der Waals surface area contributed by atoms with Gasteiger partial charge in [-0.15, -0.1) is 0 Å². The highest BCUT2D eigenvalue weighted by Gasteiger charge is 2.19. The Labute approximate surface area is 165 Å². The molecule has 2 N–H and O–H groups in total. The monoisotopic (exact) mass is 378 g/mol. The number of methoxy groups -OCH3 is 1. The lowest BCUT2D eigenvalue weighted by Gasteiger charge is -2.08. The minimum absolute atomic E-state index is 0.131. The quantitative estimate of drug-likeness (QED) is 0.562. The normalized spacial score (nSPS) is 10.8. The Morgan fingerprint density at radius 3 is 2.54 bits per heavy atom. The third kappa shape index (κ3) is 4.85. The van der Waals surface area contributed by atoms with Crippen molar-refractivity contribution >= 4 is 5.91 Å². The molecular weight excluding hydrogens is 352 g/mol. The zero-order chi connectivity index (χ0) is 19.8. The van der Waals surface area contributed by atoms with E-state index in [0.29, 0.717) is 31.0 Å². The van der Waals surface area contributed by atoms with Gasteiger partial charge in [-0.25, -0.2) is 4.68 Å². The van der Waals surface area contributed by atoms with Crippen LogP contribution < -0.4 is 10.6 Å². The van der Waals surface area contributed by atoms with Crippen LogP contribution in [-0.4, -0.2) is 49.0 Å². The summed E-state index contributed by atoms with van der Waals surface area (Å²) in [5.41, 5.74) is 4.20. The van der Waals surface area contributed by atoms with Gasteiger partial charge in [0.15, 0.2) is 0 Å². The maximum atomic E-state index is 12.9. The van der Waals surface area contributed by atoms with Crippen LogP contribution >= 0.6 is 0 Å². The standard InChI is InChI=1S/C22H26N4O2/c1-17-8-6-7-11-19(17)21-20(22(27)24-13-12-23-14-15-28-2)16-26(25-21)18-9-4-3-5-10-18/h3-11,16,23H,12-15H2,1-2H3,(H,24,27). The summed E-state index contributed by atoms with van der Waals surface area (Å²) in [7, 11) is 1.67. The molecule has 0 saturated carbocycles. The second kappa shape index (κ2) is 9.82. The average molecular weight is 378 g/mol. The molecule has 0 aliphatic rings. The van der Waals surface area contributed by atoms with E-state index in [1.807, 2.05) is 61.5 Å². The molecule has 3 rings (SSSR count). The van der Waals surface area contributed by atoms with Gasteiger partial charge >= 0.3 is 0 Å². The fourth-order valence-electron chi connectivity index (χ4n) is 2.95. The summed E-state index contributed by atoms with van der Waals surface area (Å²) in [5.74, 6) is -0.131. The molecule has 1 aromatic heterocycles. The van der Waals surface area contributed by atoms with Crippen LogP contribution in [0.15, 0.2) is 60.8 Å². The minimum atomic E-state index is -0.131. The highest BCUT2D eigenvalue weighted by Crippen LogP contribution is 2.26. The molecule has 2 aromatic carbocycles. The van der Waals surface area contributed by atoms with Gasteiger partial charge in [-0.2, -0.15) is 5.10 Å². The summed E-state index contributed by atoms with van der Waals surface area (Å²) in [4.78, 5) is 12.9. The first-order valence-corrected chi connectivity index (χ1v) is 9.39. The third-order valence-corrected chi connectivity index (χ3v) is 4.45. The number of carbonyl (C=O) groups excluding carboxylic acids is 1. The van der Waals surface area contributed by atoms with Crippen molar-refractivity contribution in [2.75, 3.05) is 33.4 Å². The number of carbonyl (C=O) groups is 1. The summed E-state index contributed by atoms with van der Waals surface area (Å²) in [6.45, 7) is 4.65. The molecule has 6 heteroatoms. The van der Waals surface area contributed by atoms with Crippen molar-refractivity contribution in [3.63, 3.8) is 0 Å². The summed E-state index contributed by atoms with van der Waals surface area (Å²) < 4.78 is 6.76. The molecule has 0 aliphatic heterocycles. The lowest BCUT2D eigenvalue weighted by atomic mass is 10.0. The topological polar surface area (TPSA) is 68.2 Å². The van der Waals surface area contributed by atoms with Gasteiger partial charge in [0.05, 0.1) is 17.9 Å². The van der Waals surface area contributed by atoms with Gasteiger partial charge in [-0.05, 0) is 24.6 Å². The molecule has 0 spiro atoms. The third-order valence-electron chi connectivity index (χ3n) is 4.45. The fraction of sp³-hybridized carbons (Fsp3) is 0.273. The van der Waals surface area contributed by atoms with Gasteiger partial charge < -0.3 is 15.4 Å². The average Bonchev–Trinajstić information content (AvgIpc) is 3.17. The van der Waals surface area contributed by atoms with Crippen LogP contribution in [0.4, 0.5) is 0 Å². The summed E-state index contributed by atoms with van der Waals surface area (Å²) >= 11 is 0. The molecule has 0 unspecified atom stereocenters. The number of ether oxygens (including phenoxy) is 1. The molecule has 1 heterocycles. The van der Waals surface area contributed by atoms with Crippen molar-refractivity contribution in [1.82, 2.24) is 20.4 Å². The second-order valence-electron chi connectivity index (χ2n) is 6.49. The number of nitrogens with zero attached hydrogens (tertiary/aromatic N) is 2. The lowest BCUT2D eigenvalue weighted by molar-refractivity contribution is 0.0954. The van der Waals surface area contributed by atoms with Gasteiger partial charge in [0.25, 0.3) is 5.91 Å². The number of nitrogens with one attached hydrogen (secondary N) is 2. The van der Waals surface area contributed by atoms with Gasteiger partial charge in [0.1, 0.15) is 5.69 Å². The van der Waals surface area contributed by atoms with Gasteiger partial charge in [0, 0.05) is 38.5 Å². The van der Waals surface area contributed by atoms with E-state index in [0.717, 1.165) is 23.4 Å². The van der Waals surface area contributed by atoms with Crippen LogP contribution in [0.2, 0.25) is 0 Å². The van der Waals surface area contributed by atoms with Gasteiger partial charge in [0.2, 0.25) is 0 Å². The fourth-order valence-corrected chi connectivity index (χ4v) is 2.95. The zero-order valence-corrected chi connectivity index (χ0v) is 16.3. The first-order chi connectivity index (χ1) is 13.7. The van der Waals surface area contributed by atoms with E-state index >= 15 is 0 Å². The smallest absolute Gasteiger partial charge is 0.255 e. The number of hydrogen-bond acceptors (Lipinski definition) is 4. The van der Waals surface area contributed by atoms with Crippen LogP contribution in [0.25, 0.3) is 16.9 Å². The van der Waals surface area contributed by atoms with Crippen molar-refractivity contribution in [2.45, 2.75) is 6.92 Å². The maximum Gasteiger partial charge on any atom is 0.255 e. The number of para-hydroxylation sites is 1. The molecule has 1 amide bonds. The Bertz CT molecular complexity index is 906. The SMILES string of the molecule is COCCNCCNC(=O)c1cn(-c2ccccc2)nc1-c1ccccc1C. The predicted octanol–water partition coefficient (Wildman–Crippen LogP) is 2.81.